The van der Waals surface area contributed by atoms with Crippen LogP contribution >= 0.6 is 0 Å². The average Bonchev–Trinajstić information content (AvgIpc) is 2.42. The Labute approximate surface area is 125 Å². The number of hydrogen-bond acceptors (Lipinski definition) is 4. The van der Waals surface area contributed by atoms with Crippen molar-refractivity contribution in [1.29, 1.82) is 0 Å². The molecule has 1 aromatic carbocycles. The molecule has 0 aliphatic carbocycles. The van der Waals surface area contributed by atoms with Gasteiger partial charge in [-0.3, -0.25) is 9.78 Å². The van der Waals surface area contributed by atoms with Crippen LogP contribution in [0.2, 0.25) is 0 Å². The van der Waals surface area contributed by atoms with Crippen molar-refractivity contribution in [1.82, 2.24) is 10.3 Å². The molecule has 112 valence electrons. The highest BCUT2D eigenvalue weighted by molar-refractivity contribution is 5.81. The zero-order chi connectivity index (χ0) is 15.3. The van der Waals surface area contributed by atoms with Gasteiger partial charge in [0.1, 0.15) is 5.60 Å². The fraction of sp³-hybridized carbons (Fsp3) is 0.412. The van der Waals surface area contributed by atoms with Crippen molar-refractivity contribution >= 4 is 16.9 Å². The number of rotatable bonds is 5. The summed E-state index contributed by atoms with van der Waals surface area (Å²) in [6.07, 6.45) is 2.17. The van der Waals surface area contributed by atoms with Gasteiger partial charge in [0.25, 0.3) is 0 Å². The lowest BCUT2D eigenvalue weighted by Crippen LogP contribution is -2.26. The van der Waals surface area contributed by atoms with E-state index in [0.717, 1.165) is 16.5 Å². The summed E-state index contributed by atoms with van der Waals surface area (Å²) in [5.41, 5.74) is 1.72. The minimum Gasteiger partial charge on any atom is -0.460 e. The van der Waals surface area contributed by atoms with Gasteiger partial charge in [0.15, 0.2) is 0 Å². The molecule has 2 aromatic rings. The Morgan fingerprint density at radius 3 is 2.76 bits per heavy atom. The molecule has 0 saturated heterocycles. The highest BCUT2D eigenvalue weighted by Crippen LogP contribution is 2.15. The van der Waals surface area contributed by atoms with Crippen LogP contribution in [0.4, 0.5) is 0 Å². The number of nitrogens with zero attached hydrogens (tertiary/aromatic N) is 1. The molecule has 0 bridgehead atoms. The molecule has 1 aromatic heterocycles. The molecule has 2 rings (SSSR count). The van der Waals surface area contributed by atoms with Crippen LogP contribution in [0, 0.1) is 0 Å². The van der Waals surface area contributed by atoms with Gasteiger partial charge in [-0.2, -0.15) is 0 Å². The second kappa shape index (κ2) is 6.68. The first-order valence-electron chi connectivity index (χ1n) is 7.21. The summed E-state index contributed by atoms with van der Waals surface area (Å²) in [6, 6.07) is 10.1. The molecule has 0 aliphatic heterocycles. The number of aromatic nitrogens is 1. The fourth-order valence-corrected chi connectivity index (χ4v) is 2.12. The van der Waals surface area contributed by atoms with Gasteiger partial charge >= 0.3 is 5.97 Å². The van der Waals surface area contributed by atoms with E-state index in [2.05, 4.69) is 16.4 Å². The first-order valence-corrected chi connectivity index (χ1v) is 7.21. The molecular formula is C17H22N2O2. The van der Waals surface area contributed by atoms with E-state index >= 15 is 0 Å². The number of para-hydroxylation sites is 1. The third-order valence-corrected chi connectivity index (χ3v) is 2.96. The standard InChI is InChI=1S/C17H22N2O2/c1-17(2,3)21-15(20)9-11-18-12-14-7-4-6-13-8-5-10-19-16(13)14/h4-8,10,18H,9,11-12H2,1-3H3. The highest BCUT2D eigenvalue weighted by atomic mass is 16.6. The number of hydrogen-bond donors (Lipinski definition) is 1. The summed E-state index contributed by atoms with van der Waals surface area (Å²) < 4.78 is 5.27. The molecule has 0 radical (unpaired) electrons. The summed E-state index contributed by atoms with van der Waals surface area (Å²) in [7, 11) is 0. The Balaban J connectivity index is 1.84. The summed E-state index contributed by atoms with van der Waals surface area (Å²) in [5, 5.41) is 4.40. The molecule has 1 N–H and O–H groups in total. The van der Waals surface area contributed by atoms with Crippen LogP contribution in [0.3, 0.4) is 0 Å². The maximum absolute atomic E-state index is 11.6. The van der Waals surface area contributed by atoms with Crippen molar-refractivity contribution in [2.75, 3.05) is 6.54 Å². The third-order valence-electron chi connectivity index (χ3n) is 2.96. The van der Waals surface area contributed by atoms with E-state index in [1.165, 1.54) is 0 Å². The molecule has 0 saturated carbocycles. The monoisotopic (exact) mass is 286 g/mol. The van der Waals surface area contributed by atoms with Crippen LogP contribution in [0.1, 0.15) is 32.8 Å². The van der Waals surface area contributed by atoms with E-state index in [9.17, 15) is 4.79 Å². The lowest BCUT2D eigenvalue weighted by Gasteiger charge is -2.19. The van der Waals surface area contributed by atoms with Gasteiger partial charge in [-0.05, 0) is 32.4 Å². The third kappa shape index (κ3) is 4.83. The quantitative estimate of drug-likeness (QED) is 0.678. The lowest BCUT2D eigenvalue weighted by atomic mass is 10.1. The number of benzene rings is 1. The normalized spacial score (nSPS) is 11.6. The number of ether oxygens (including phenoxy) is 1. The van der Waals surface area contributed by atoms with Crippen LogP contribution < -0.4 is 5.32 Å². The van der Waals surface area contributed by atoms with Gasteiger partial charge in [0.2, 0.25) is 0 Å². The first kappa shape index (κ1) is 15.4. The molecule has 0 atom stereocenters. The molecule has 1 heterocycles. The second-order valence-corrected chi connectivity index (χ2v) is 6.01. The Bertz CT molecular complexity index is 612. The zero-order valence-corrected chi connectivity index (χ0v) is 12.8. The largest absolute Gasteiger partial charge is 0.460 e. The smallest absolute Gasteiger partial charge is 0.307 e. The zero-order valence-electron chi connectivity index (χ0n) is 12.8. The number of carbonyl (C=O) groups is 1. The number of pyridine rings is 1. The summed E-state index contributed by atoms with van der Waals surface area (Å²) in [4.78, 5) is 16.0. The molecule has 0 fully saturated rings. The minimum atomic E-state index is -0.420. The van der Waals surface area contributed by atoms with Gasteiger partial charge in [-0.1, -0.05) is 24.3 Å². The van der Waals surface area contributed by atoms with E-state index in [4.69, 9.17) is 4.74 Å². The molecule has 0 aliphatic rings. The van der Waals surface area contributed by atoms with Crippen LogP contribution in [0.5, 0.6) is 0 Å². The van der Waals surface area contributed by atoms with Gasteiger partial charge in [-0.25, -0.2) is 0 Å². The Hall–Kier alpha value is -1.94. The van der Waals surface area contributed by atoms with E-state index in [1.807, 2.05) is 45.0 Å². The van der Waals surface area contributed by atoms with E-state index in [0.29, 0.717) is 19.5 Å². The molecule has 4 nitrogen and oxygen atoms in total. The number of fused-ring (bicyclic) bond motifs is 1. The topological polar surface area (TPSA) is 51.2 Å². The molecule has 4 heteroatoms. The van der Waals surface area contributed by atoms with Crippen LogP contribution in [-0.2, 0) is 16.1 Å². The predicted octanol–water partition coefficient (Wildman–Crippen LogP) is 3.06. The van der Waals surface area contributed by atoms with Crippen molar-refractivity contribution < 1.29 is 9.53 Å². The Morgan fingerprint density at radius 1 is 1.24 bits per heavy atom. The molecule has 0 amide bonds. The fourth-order valence-electron chi connectivity index (χ4n) is 2.12. The number of carbonyl (C=O) groups excluding carboxylic acids is 1. The highest BCUT2D eigenvalue weighted by Gasteiger charge is 2.15. The summed E-state index contributed by atoms with van der Waals surface area (Å²) >= 11 is 0. The summed E-state index contributed by atoms with van der Waals surface area (Å²) in [6.45, 7) is 6.91. The number of esters is 1. The van der Waals surface area contributed by atoms with Gasteiger partial charge in [-0.15, -0.1) is 0 Å². The van der Waals surface area contributed by atoms with E-state index in [1.54, 1.807) is 6.20 Å². The lowest BCUT2D eigenvalue weighted by molar-refractivity contribution is -0.154. The molecule has 21 heavy (non-hydrogen) atoms. The van der Waals surface area contributed by atoms with Crippen molar-refractivity contribution in [3.63, 3.8) is 0 Å². The van der Waals surface area contributed by atoms with Gasteiger partial charge in [0.05, 0.1) is 11.9 Å². The van der Waals surface area contributed by atoms with Gasteiger partial charge < -0.3 is 10.1 Å². The van der Waals surface area contributed by atoms with E-state index in [-0.39, 0.29) is 5.97 Å². The van der Waals surface area contributed by atoms with E-state index < -0.39 is 5.60 Å². The summed E-state index contributed by atoms with van der Waals surface area (Å²) in [5.74, 6) is -0.175. The first-order chi connectivity index (χ1) is 9.96. The average molecular weight is 286 g/mol. The maximum atomic E-state index is 11.6. The van der Waals surface area contributed by atoms with Crippen molar-refractivity contribution in [3.05, 3.63) is 42.1 Å². The minimum absolute atomic E-state index is 0.175. The molecule has 0 unspecified atom stereocenters. The van der Waals surface area contributed by atoms with Crippen LogP contribution in [0.25, 0.3) is 10.9 Å². The predicted molar refractivity (Wildman–Crippen MR) is 83.9 cm³/mol. The molecular weight excluding hydrogens is 264 g/mol. The van der Waals surface area contributed by atoms with Crippen molar-refractivity contribution in [2.24, 2.45) is 0 Å². The second-order valence-electron chi connectivity index (χ2n) is 6.01. The maximum Gasteiger partial charge on any atom is 0.307 e. The van der Waals surface area contributed by atoms with Crippen LogP contribution in [-0.4, -0.2) is 23.1 Å². The number of nitrogens with one attached hydrogen (secondary N) is 1. The van der Waals surface area contributed by atoms with Gasteiger partial charge in [0, 0.05) is 24.7 Å². The Morgan fingerprint density at radius 2 is 2.00 bits per heavy atom. The Kier molecular flexibility index (Phi) is 4.91. The van der Waals surface area contributed by atoms with Crippen LogP contribution in [0.15, 0.2) is 36.5 Å². The van der Waals surface area contributed by atoms with Crippen molar-refractivity contribution in [2.45, 2.75) is 39.3 Å². The molecule has 0 spiro atoms. The van der Waals surface area contributed by atoms with Crippen molar-refractivity contribution in [3.8, 4) is 0 Å². The SMILES string of the molecule is CC(C)(C)OC(=O)CCNCc1cccc2cccnc12.